The van der Waals surface area contributed by atoms with Crippen molar-refractivity contribution in [2.45, 2.75) is 27.2 Å². The number of hydrogen-bond donors (Lipinski definition) is 1. The molecule has 2 heterocycles. The Morgan fingerprint density at radius 3 is 2.64 bits per heavy atom. The molecule has 22 heavy (non-hydrogen) atoms. The largest absolute Gasteiger partial charge is 0.373 e. The third-order valence-corrected chi connectivity index (χ3v) is 3.37. The van der Waals surface area contributed by atoms with Gasteiger partial charge in [-0.15, -0.1) is 0 Å². The molecule has 0 aliphatic heterocycles. The van der Waals surface area contributed by atoms with E-state index in [1.54, 1.807) is 6.33 Å². The molecule has 0 spiro atoms. The van der Waals surface area contributed by atoms with Crippen molar-refractivity contribution in [1.29, 1.82) is 0 Å². The molecule has 0 radical (unpaired) electrons. The zero-order chi connectivity index (χ0) is 15.9. The van der Waals surface area contributed by atoms with Crippen LogP contribution in [0, 0.1) is 6.92 Å². The van der Waals surface area contributed by atoms with E-state index in [4.69, 9.17) is 0 Å². The van der Waals surface area contributed by atoms with Gasteiger partial charge in [-0.05, 0) is 43.5 Å². The molecule has 0 unspecified atom stereocenters. The maximum atomic E-state index is 4.51. The summed E-state index contributed by atoms with van der Waals surface area (Å²) in [4.78, 5) is 13.2. The Morgan fingerprint density at radius 2 is 2.05 bits per heavy atom. The molecule has 4 heteroatoms. The van der Waals surface area contributed by atoms with Gasteiger partial charge >= 0.3 is 0 Å². The topological polar surface area (TPSA) is 50.7 Å². The quantitative estimate of drug-likeness (QED) is 0.940. The van der Waals surface area contributed by atoms with Crippen molar-refractivity contribution in [1.82, 2.24) is 15.0 Å². The van der Waals surface area contributed by atoms with Crippen molar-refractivity contribution in [2.75, 3.05) is 12.4 Å². The summed E-state index contributed by atoms with van der Waals surface area (Å²) in [7, 11) is 1.87. The van der Waals surface area contributed by atoms with E-state index >= 15 is 0 Å². The van der Waals surface area contributed by atoms with Crippen molar-refractivity contribution < 1.29 is 0 Å². The van der Waals surface area contributed by atoms with Crippen molar-refractivity contribution in [3.05, 3.63) is 52.6 Å². The smallest absolute Gasteiger partial charge is 0.137 e. The van der Waals surface area contributed by atoms with Gasteiger partial charge in [0.25, 0.3) is 0 Å². The molecule has 0 aromatic carbocycles. The summed E-state index contributed by atoms with van der Waals surface area (Å²) < 4.78 is 0. The zero-order valence-corrected chi connectivity index (χ0v) is 13.6. The highest BCUT2D eigenvalue weighted by molar-refractivity contribution is 5.87. The van der Waals surface area contributed by atoms with Crippen LogP contribution in [0.2, 0.25) is 0 Å². The molecule has 2 rings (SSSR count). The first-order chi connectivity index (χ1) is 10.7. The minimum absolute atomic E-state index is 0.821. The predicted octanol–water partition coefficient (Wildman–Crippen LogP) is 2.30. The van der Waals surface area contributed by atoms with Gasteiger partial charge in [-0.1, -0.05) is 25.1 Å². The zero-order valence-electron chi connectivity index (χ0n) is 13.6. The van der Waals surface area contributed by atoms with Gasteiger partial charge in [0.1, 0.15) is 12.1 Å². The molecular weight excluding hydrogens is 272 g/mol. The molecular formula is C18H22N4. The van der Waals surface area contributed by atoms with Crippen LogP contribution in [0.4, 0.5) is 5.82 Å². The van der Waals surface area contributed by atoms with Crippen LogP contribution in [0.15, 0.2) is 30.7 Å². The Bertz CT molecular complexity index is 774. The second-order valence-corrected chi connectivity index (χ2v) is 4.99. The van der Waals surface area contributed by atoms with E-state index in [0.29, 0.717) is 0 Å². The second kappa shape index (κ2) is 7.50. The van der Waals surface area contributed by atoms with Crippen molar-refractivity contribution >= 4 is 23.5 Å². The molecule has 0 fully saturated rings. The lowest BCUT2D eigenvalue weighted by Gasteiger charge is -2.04. The number of anilines is 1. The molecule has 0 atom stereocenters. The van der Waals surface area contributed by atoms with E-state index in [9.17, 15) is 0 Å². The van der Waals surface area contributed by atoms with Crippen LogP contribution in [0.3, 0.4) is 0 Å². The molecule has 2 aromatic heterocycles. The number of pyridine rings is 1. The van der Waals surface area contributed by atoms with E-state index in [1.807, 2.05) is 33.2 Å². The predicted molar refractivity (Wildman–Crippen MR) is 92.7 cm³/mol. The van der Waals surface area contributed by atoms with Gasteiger partial charge in [0.15, 0.2) is 0 Å². The van der Waals surface area contributed by atoms with Crippen molar-refractivity contribution in [2.24, 2.45) is 0 Å². The summed E-state index contributed by atoms with van der Waals surface area (Å²) >= 11 is 0. The van der Waals surface area contributed by atoms with Crippen LogP contribution in [-0.4, -0.2) is 22.0 Å². The molecule has 1 N–H and O–H groups in total. The summed E-state index contributed by atoms with van der Waals surface area (Å²) in [5.41, 5.74) is 3.15. The highest BCUT2D eigenvalue weighted by Gasteiger charge is 2.02. The van der Waals surface area contributed by atoms with E-state index < -0.39 is 0 Å². The molecule has 114 valence electrons. The van der Waals surface area contributed by atoms with E-state index in [2.05, 4.69) is 51.5 Å². The molecule has 0 bridgehead atoms. The average Bonchev–Trinajstić information content (AvgIpc) is 2.54. The fourth-order valence-electron chi connectivity index (χ4n) is 2.21. The molecule has 2 aromatic rings. The Hall–Kier alpha value is -2.49. The first-order valence-corrected chi connectivity index (χ1v) is 7.49. The van der Waals surface area contributed by atoms with Crippen LogP contribution in [0.1, 0.15) is 31.5 Å². The summed E-state index contributed by atoms with van der Waals surface area (Å²) in [6.45, 7) is 6.15. The number of aromatic nitrogens is 3. The Morgan fingerprint density at radius 1 is 1.23 bits per heavy atom. The number of aryl methyl sites for hydroxylation is 1. The number of rotatable bonds is 4. The maximum absolute atomic E-state index is 4.51. The van der Waals surface area contributed by atoms with Crippen LogP contribution in [0.25, 0.3) is 17.7 Å². The number of hydrogen-bond acceptors (Lipinski definition) is 4. The molecule has 4 nitrogen and oxygen atoms in total. The molecule has 0 saturated heterocycles. The van der Waals surface area contributed by atoms with E-state index in [-0.39, 0.29) is 0 Å². The SMILES string of the molecule is C\C=C(/C=c1/c(NC)ncn/c1=C\CC)c1ccc(C)cn1. The minimum atomic E-state index is 0.821. The second-order valence-electron chi connectivity index (χ2n) is 4.99. The van der Waals surface area contributed by atoms with Gasteiger partial charge in [0, 0.05) is 18.5 Å². The van der Waals surface area contributed by atoms with Gasteiger partial charge in [0.05, 0.1) is 11.0 Å². The Labute approximate surface area is 131 Å². The lowest BCUT2D eigenvalue weighted by molar-refractivity contribution is 1.08. The summed E-state index contributed by atoms with van der Waals surface area (Å²) in [6.07, 6.45) is 10.6. The fraction of sp³-hybridized carbons (Fsp3) is 0.278. The summed E-state index contributed by atoms with van der Waals surface area (Å²) in [5.74, 6) is 0.821. The number of nitrogens with zero attached hydrogens (tertiary/aromatic N) is 3. The van der Waals surface area contributed by atoms with Gasteiger partial charge in [0.2, 0.25) is 0 Å². The van der Waals surface area contributed by atoms with Crippen LogP contribution < -0.4 is 15.9 Å². The molecule has 0 amide bonds. The Balaban J connectivity index is 2.65. The third-order valence-electron chi connectivity index (χ3n) is 3.37. The van der Waals surface area contributed by atoms with Gasteiger partial charge < -0.3 is 5.32 Å². The lowest BCUT2D eigenvalue weighted by Crippen LogP contribution is -2.31. The lowest BCUT2D eigenvalue weighted by atomic mass is 10.1. The average molecular weight is 294 g/mol. The summed E-state index contributed by atoms with van der Waals surface area (Å²) in [5, 5.41) is 5.06. The fourth-order valence-corrected chi connectivity index (χ4v) is 2.21. The summed E-state index contributed by atoms with van der Waals surface area (Å²) in [6, 6.07) is 4.10. The van der Waals surface area contributed by atoms with E-state index in [0.717, 1.165) is 39.6 Å². The van der Waals surface area contributed by atoms with Crippen LogP contribution in [0.5, 0.6) is 0 Å². The number of nitrogens with one attached hydrogen (secondary N) is 1. The maximum Gasteiger partial charge on any atom is 0.137 e. The molecule has 0 saturated carbocycles. The first kappa shape index (κ1) is 15.9. The molecule has 0 aliphatic rings. The normalized spacial score (nSPS) is 13.5. The van der Waals surface area contributed by atoms with Crippen LogP contribution >= 0.6 is 0 Å². The van der Waals surface area contributed by atoms with Crippen molar-refractivity contribution in [3.63, 3.8) is 0 Å². The first-order valence-electron chi connectivity index (χ1n) is 7.49. The van der Waals surface area contributed by atoms with Crippen molar-refractivity contribution in [3.8, 4) is 0 Å². The highest BCUT2D eigenvalue weighted by atomic mass is 15.0. The third kappa shape index (κ3) is 3.58. The monoisotopic (exact) mass is 294 g/mol. The standard InChI is InChI=1S/C18H22N4/c1-5-7-17-15(18(19-4)22-12-21-17)10-14(6-2)16-9-8-13(3)11-20-16/h6-12H,5H2,1-4H3,(H,19,21,22)/b14-6+,15-10+,17-7-. The van der Waals surface area contributed by atoms with Gasteiger partial charge in [-0.25, -0.2) is 9.97 Å². The Kier molecular flexibility index (Phi) is 5.42. The van der Waals surface area contributed by atoms with E-state index in [1.165, 1.54) is 0 Å². The highest BCUT2D eigenvalue weighted by Crippen LogP contribution is 2.13. The van der Waals surface area contributed by atoms with Gasteiger partial charge in [-0.2, -0.15) is 0 Å². The van der Waals surface area contributed by atoms with Gasteiger partial charge in [-0.3, -0.25) is 4.98 Å². The molecule has 0 aliphatic carbocycles. The van der Waals surface area contributed by atoms with Crippen LogP contribution in [-0.2, 0) is 0 Å². The number of allylic oxidation sites excluding steroid dienone is 2. The minimum Gasteiger partial charge on any atom is -0.373 e.